The van der Waals surface area contributed by atoms with Crippen LogP contribution in [0.4, 0.5) is 11.6 Å². The zero-order valence-corrected chi connectivity index (χ0v) is 11.6. The summed E-state index contributed by atoms with van der Waals surface area (Å²) in [7, 11) is 0. The van der Waals surface area contributed by atoms with E-state index in [2.05, 4.69) is 15.4 Å². The van der Waals surface area contributed by atoms with Crippen molar-refractivity contribution in [3.8, 4) is 0 Å². The molecule has 0 spiro atoms. The van der Waals surface area contributed by atoms with Gasteiger partial charge < -0.3 is 20.5 Å². The zero-order chi connectivity index (χ0) is 15.6. The highest BCUT2D eigenvalue weighted by atomic mass is 16.6. The number of imidazole rings is 1. The maximum atomic E-state index is 10.9. The Morgan fingerprint density at radius 1 is 1.52 bits per heavy atom. The van der Waals surface area contributed by atoms with E-state index in [9.17, 15) is 14.9 Å². The van der Waals surface area contributed by atoms with E-state index in [1.807, 2.05) is 13.8 Å². The van der Waals surface area contributed by atoms with Crippen molar-refractivity contribution in [2.75, 3.05) is 5.32 Å². The summed E-state index contributed by atoms with van der Waals surface area (Å²) in [6.07, 6.45) is 1.56. The molecule has 2 N–H and O–H groups in total. The molecule has 0 aliphatic carbocycles. The first-order valence-electron chi connectivity index (χ1n) is 6.28. The summed E-state index contributed by atoms with van der Waals surface area (Å²) in [4.78, 5) is 24.8. The third-order valence-electron chi connectivity index (χ3n) is 2.96. The molecule has 0 aliphatic rings. The van der Waals surface area contributed by atoms with Gasteiger partial charge in [-0.15, -0.1) is 0 Å². The van der Waals surface area contributed by atoms with Gasteiger partial charge >= 0.3 is 11.8 Å². The van der Waals surface area contributed by atoms with Gasteiger partial charge in [0.2, 0.25) is 5.65 Å². The molecule has 2 aromatic rings. The van der Waals surface area contributed by atoms with E-state index in [0.29, 0.717) is 17.9 Å². The van der Waals surface area contributed by atoms with E-state index in [4.69, 9.17) is 5.11 Å². The standard InChI is InChI=1S/C12H15N5O4/c1-12(2,6-5-11(18)19)14-8-3-4-9-13-7-10(17(20)21)16(9)15-8/h3-4,7H,5-6H2,1-2H3,(H,14,15)(H,18,19). The summed E-state index contributed by atoms with van der Waals surface area (Å²) in [5.74, 6) is -0.686. The Balaban J connectivity index is 2.24. The minimum absolute atomic E-state index is 0.0213. The summed E-state index contributed by atoms with van der Waals surface area (Å²) in [5, 5.41) is 26.8. The molecule has 2 heterocycles. The summed E-state index contributed by atoms with van der Waals surface area (Å²) in [6, 6.07) is 3.25. The van der Waals surface area contributed by atoms with Crippen LogP contribution >= 0.6 is 0 Å². The number of hydrogen-bond acceptors (Lipinski definition) is 6. The largest absolute Gasteiger partial charge is 0.481 e. The maximum absolute atomic E-state index is 10.9. The van der Waals surface area contributed by atoms with Crippen LogP contribution in [0, 0.1) is 10.1 Å². The predicted octanol–water partition coefficient (Wildman–Crippen LogP) is 1.69. The van der Waals surface area contributed by atoms with Crippen LogP contribution in [-0.2, 0) is 4.79 Å². The molecule has 21 heavy (non-hydrogen) atoms. The smallest absolute Gasteiger partial charge is 0.368 e. The molecule has 0 bridgehead atoms. The quantitative estimate of drug-likeness (QED) is 0.613. The Morgan fingerprint density at radius 2 is 2.24 bits per heavy atom. The number of carbonyl (C=O) groups is 1. The Hall–Kier alpha value is -2.71. The molecular weight excluding hydrogens is 278 g/mol. The zero-order valence-electron chi connectivity index (χ0n) is 11.6. The number of carboxylic acid groups (broad SMARTS) is 1. The highest BCUT2D eigenvalue weighted by Gasteiger charge is 2.22. The lowest BCUT2D eigenvalue weighted by Crippen LogP contribution is -2.32. The average molecular weight is 293 g/mol. The third-order valence-corrected chi connectivity index (χ3v) is 2.96. The van der Waals surface area contributed by atoms with Gasteiger partial charge in [0.25, 0.3) is 0 Å². The van der Waals surface area contributed by atoms with Crippen LogP contribution < -0.4 is 5.32 Å². The van der Waals surface area contributed by atoms with Crippen molar-refractivity contribution in [3.05, 3.63) is 28.4 Å². The fraction of sp³-hybridized carbons (Fsp3) is 0.417. The number of hydrogen-bond donors (Lipinski definition) is 2. The van der Waals surface area contributed by atoms with Crippen molar-refractivity contribution in [3.63, 3.8) is 0 Å². The summed E-state index contributed by atoms with van der Waals surface area (Å²) in [5.41, 5.74) is -0.135. The molecule has 0 radical (unpaired) electrons. The molecule has 9 heteroatoms. The molecule has 0 aliphatic heterocycles. The molecule has 0 saturated carbocycles. The highest BCUT2D eigenvalue weighted by molar-refractivity contribution is 5.66. The first kappa shape index (κ1) is 14.7. The molecule has 0 aromatic carbocycles. The molecular formula is C12H15N5O4. The van der Waals surface area contributed by atoms with Crippen LogP contribution in [0.5, 0.6) is 0 Å². The van der Waals surface area contributed by atoms with Crippen molar-refractivity contribution < 1.29 is 14.8 Å². The van der Waals surface area contributed by atoms with Crippen LogP contribution in [0.15, 0.2) is 18.3 Å². The van der Waals surface area contributed by atoms with Crippen LogP contribution in [0.1, 0.15) is 26.7 Å². The minimum Gasteiger partial charge on any atom is -0.481 e. The van der Waals surface area contributed by atoms with Crippen molar-refractivity contribution in [1.82, 2.24) is 14.6 Å². The van der Waals surface area contributed by atoms with Crippen molar-refractivity contribution in [1.29, 1.82) is 0 Å². The van der Waals surface area contributed by atoms with Gasteiger partial charge in [0.05, 0.1) is 0 Å². The monoisotopic (exact) mass is 293 g/mol. The molecule has 9 nitrogen and oxygen atoms in total. The van der Waals surface area contributed by atoms with Crippen LogP contribution in [0.3, 0.4) is 0 Å². The fourth-order valence-electron chi connectivity index (χ4n) is 1.88. The molecule has 0 atom stereocenters. The Bertz CT molecular complexity index is 694. The van der Waals surface area contributed by atoms with Crippen LogP contribution in [0.2, 0.25) is 0 Å². The molecule has 0 amide bonds. The van der Waals surface area contributed by atoms with E-state index in [0.717, 1.165) is 10.7 Å². The van der Waals surface area contributed by atoms with Gasteiger partial charge in [-0.2, -0.15) is 0 Å². The third kappa shape index (κ3) is 3.44. The van der Waals surface area contributed by atoms with E-state index in [1.54, 1.807) is 12.1 Å². The van der Waals surface area contributed by atoms with Gasteiger partial charge in [-0.3, -0.25) is 4.79 Å². The summed E-state index contributed by atoms with van der Waals surface area (Å²) < 4.78 is 1.13. The van der Waals surface area contributed by atoms with E-state index in [1.165, 1.54) is 0 Å². The predicted molar refractivity (Wildman–Crippen MR) is 74.2 cm³/mol. The van der Waals surface area contributed by atoms with Gasteiger partial charge in [0.15, 0.2) is 5.82 Å². The second-order valence-electron chi connectivity index (χ2n) is 5.26. The van der Waals surface area contributed by atoms with Crippen molar-refractivity contribution in [2.45, 2.75) is 32.2 Å². The molecule has 2 aromatic heterocycles. The lowest BCUT2D eigenvalue weighted by Gasteiger charge is -2.25. The van der Waals surface area contributed by atoms with Gasteiger partial charge in [-0.25, -0.2) is 4.98 Å². The lowest BCUT2D eigenvalue weighted by atomic mass is 9.98. The number of nitro groups is 1. The maximum Gasteiger partial charge on any atom is 0.368 e. The topological polar surface area (TPSA) is 123 Å². The first-order valence-corrected chi connectivity index (χ1v) is 6.28. The minimum atomic E-state index is -0.876. The van der Waals surface area contributed by atoms with Crippen molar-refractivity contribution in [2.24, 2.45) is 0 Å². The molecule has 0 unspecified atom stereocenters. The van der Waals surface area contributed by atoms with Gasteiger partial charge in [-0.05, 0) is 31.3 Å². The molecule has 2 rings (SSSR count). The highest BCUT2D eigenvalue weighted by Crippen LogP contribution is 2.20. The summed E-state index contributed by atoms with van der Waals surface area (Å²) in [6.45, 7) is 3.67. The van der Waals surface area contributed by atoms with Gasteiger partial charge in [0, 0.05) is 18.0 Å². The normalized spacial score (nSPS) is 11.5. The van der Waals surface area contributed by atoms with Gasteiger partial charge in [0.1, 0.15) is 6.20 Å². The molecule has 0 saturated heterocycles. The Labute approximate surface area is 119 Å². The number of nitrogens with zero attached hydrogens (tertiary/aromatic N) is 4. The van der Waals surface area contributed by atoms with Crippen LogP contribution in [-0.4, -0.2) is 36.1 Å². The number of aliphatic carboxylic acids is 1. The van der Waals surface area contributed by atoms with E-state index < -0.39 is 16.4 Å². The van der Waals surface area contributed by atoms with E-state index in [-0.39, 0.29) is 12.2 Å². The fourth-order valence-corrected chi connectivity index (χ4v) is 1.88. The number of anilines is 1. The number of aromatic nitrogens is 3. The second-order valence-corrected chi connectivity index (χ2v) is 5.26. The number of carboxylic acids is 1. The lowest BCUT2D eigenvalue weighted by molar-refractivity contribution is -0.391. The number of fused-ring (bicyclic) bond motifs is 1. The SMILES string of the molecule is CC(C)(CCC(=O)O)Nc1ccc2ncc([N+](=O)[O-])n2n1. The van der Waals surface area contributed by atoms with E-state index >= 15 is 0 Å². The number of rotatable bonds is 6. The van der Waals surface area contributed by atoms with Crippen LogP contribution in [0.25, 0.3) is 5.65 Å². The number of nitrogens with one attached hydrogen (secondary N) is 1. The second kappa shape index (κ2) is 5.35. The summed E-state index contributed by atoms with van der Waals surface area (Å²) >= 11 is 0. The first-order chi connectivity index (χ1) is 9.78. The van der Waals surface area contributed by atoms with Crippen molar-refractivity contribution >= 4 is 23.3 Å². The Morgan fingerprint density at radius 3 is 2.86 bits per heavy atom. The molecule has 112 valence electrons. The average Bonchev–Trinajstić information content (AvgIpc) is 2.79. The Kier molecular flexibility index (Phi) is 3.74. The van der Waals surface area contributed by atoms with Gasteiger partial charge in [-0.1, -0.05) is 9.61 Å². The molecule has 0 fully saturated rings.